The highest BCUT2D eigenvalue weighted by Crippen LogP contribution is 2.41. The number of rotatable bonds is 3. The third kappa shape index (κ3) is 2.64. The summed E-state index contributed by atoms with van der Waals surface area (Å²) in [6.45, 7) is 2.66. The number of aliphatic imine (C=N–C) groups is 1. The number of fused-ring (bicyclic) bond motifs is 3. The summed E-state index contributed by atoms with van der Waals surface area (Å²) in [5.41, 5.74) is 2.58. The minimum absolute atomic E-state index is 0.585. The lowest BCUT2D eigenvalue weighted by atomic mass is 9.82. The van der Waals surface area contributed by atoms with Gasteiger partial charge in [0.25, 0.3) is 0 Å². The Morgan fingerprint density at radius 1 is 1.08 bits per heavy atom. The van der Waals surface area contributed by atoms with Crippen molar-refractivity contribution in [2.45, 2.75) is 12.5 Å². The van der Waals surface area contributed by atoms with Crippen molar-refractivity contribution in [2.24, 2.45) is 4.99 Å². The monoisotopic (exact) mass is 365 g/mol. The average Bonchev–Trinajstić information content (AvgIpc) is 2.93. The van der Waals surface area contributed by atoms with Crippen LogP contribution in [0.25, 0.3) is 5.69 Å². The van der Waals surface area contributed by atoms with E-state index in [-0.39, 0.29) is 0 Å². The lowest BCUT2D eigenvalue weighted by Crippen LogP contribution is -2.37. The second kappa shape index (κ2) is 6.34. The maximum atomic E-state index is 6.42. The quantitative estimate of drug-likeness (QED) is 0.714. The highest BCUT2D eigenvalue weighted by molar-refractivity contribution is 6.30. The fourth-order valence-electron chi connectivity index (χ4n) is 3.65. The normalized spacial score (nSPS) is 18.5. The van der Waals surface area contributed by atoms with E-state index in [0.717, 1.165) is 28.5 Å². The number of aromatic nitrogens is 3. The van der Waals surface area contributed by atoms with Crippen LogP contribution in [0.4, 0.5) is 0 Å². The fraction of sp³-hybridized carbons (Fsp3) is 0.250. The van der Waals surface area contributed by atoms with Crippen LogP contribution in [0, 0.1) is 6.92 Å². The van der Waals surface area contributed by atoms with Crippen LogP contribution in [0.3, 0.4) is 0 Å². The topological polar surface area (TPSA) is 46.3 Å². The molecule has 1 aromatic heterocycles. The highest BCUT2D eigenvalue weighted by atomic mass is 35.5. The second-order valence-corrected chi connectivity index (χ2v) is 7.26. The van der Waals surface area contributed by atoms with Gasteiger partial charge in [0.15, 0.2) is 5.82 Å². The first kappa shape index (κ1) is 16.9. The molecule has 0 amide bonds. The summed E-state index contributed by atoms with van der Waals surface area (Å²) in [6, 6.07) is 16.3. The molecule has 3 aromatic rings. The second-order valence-electron chi connectivity index (χ2n) is 6.82. The highest BCUT2D eigenvalue weighted by Gasteiger charge is 2.39. The van der Waals surface area contributed by atoms with E-state index in [2.05, 4.69) is 41.3 Å². The predicted molar refractivity (Wildman–Crippen MR) is 104 cm³/mol. The van der Waals surface area contributed by atoms with E-state index in [1.165, 1.54) is 0 Å². The van der Waals surface area contributed by atoms with Crippen molar-refractivity contribution < 1.29 is 0 Å². The first-order valence-electron chi connectivity index (χ1n) is 8.49. The molecule has 2 aromatic carbocycles. The molecule has 0 spiro atoms. The summed E-state index contributed by atoms with van der Waals surface area (Å²) in [7, 11) is 4.11. The van der Waals surface area contributed by atoms with Gasteiger partial charge in [-0.1, -0.05) is 41.9 Å². The van der Waals surface area contributed by atoms with Crippen molar-refractivity contribution in [3.8, 4) is 5.69 Å². The molecule has 0 bridgehead atoms. The van der Waals surface area contributed by atoms with Gasteiger partial charge >= 0.3 is 0 Å². The van der Waals surface area contributed by atoms with Crippen LogP contribution < -0.4 is 0 Å². The molecule has 0 N–H and O–H groups in total. The van der Waals surface area contributed by atoms with Gasteiger partial charge in [0.1, 0.15) is 11.4 Å². The van der Waals surface area contributed by atoms with E-state index in [1.807, 2.05) is 54.1 Å². The van der Waals surface area contributed by atoms with Gasteiger partial charge in [-0.2, -0.15) is 0 Å². The summed E-state index contributed by atoms with van der Waals surface area (Å²) in [6.07, 6.45) is 1.82. The number of hydrogen-bond donors (Lipinski definition) is 0. The first-order valence-corrected chi connectivity index (χ1v) is 8.87. The first-order chi connectivity index (χ1) is 12.5. The third-order valence-corrected chi connectivity index (χ3v) is 4.93. The Bertz CT molecular complexity index is 977. The molecular formula is C20H20ClN5. The Kier molecular flexibility index (Phi) is 4.13. The molecule has 2 heterocycles. The SMILES string of the molecule is Cc1nnc2n1-c1ccc(Cl)cc1C(CN(C)C)(c1ccccc1)N=C2. The molecule has 4 rings (SSSR count). The van der Waals surface area contributed by atoms with Gasteiger partial charge in [-0.3, -0.25) is 9.56 Å². The standard InChI is InChI=1S/C20H20ClN5/c1-14-23-24-19-12-22-20(13-25(2)3,15-7-5-4-6-8-15)17-11-16(21)9-10-18(17)26(14)19/h4-12H,13H2,1-3H3. The van der Waals surface area contributed by atoms with E-state index in [1.54, 1.807) is 0 Å². The Morgan fingerprint density at radius 3 is 2.58 bits per heavy atom. The Hall–Kier alpha value is -2.50. The van der Waals surface area contributed by atoms with Crippen LogP contribution in [0.15, 0.2) is 53.5 Å². The van der Waals surface area contributed by atoms with Gasteiger partial charge in [-0.05, 0) is 44.8 Å². The van der Waals surface area contributed by atoms with Gasteiger partial charge in [0.2, 0.25) is 0 Å². The van der Waals surface area contributed by atoms with Gasteiger partial charge in [0.05, 0.1) is 11.9 Å². The minimum atomic E-state index is -0.585. The summed E-state index contributed by atoms with van der Waals surface area (Å²) >= 11 is 6.42. The lowest BCUT2D eigenvalue weighted by molar-refractivity contribution is 0.324. The van der Waals surface area contributed by atoms with Crippen molar-refractivity contribution in [3.05, 3.63) is 76.3 Å². The molecule has 0 fully saturated rings. The van der Waals surface area contributed by atoms with Gasteiger partial charge < -0.3 is 4.90 Å². The molecule has 1 unspecified atom stereocenters. The van der Waals surface area contributed by atoms with Crippen molar-refractivity contribution in [1.82, 2.24) is 19.7 Å². The van der Waals surface area contributed by atoms with Crippen molar-refractivity contribution in [2.75, 3.05) is 20.6 Å². The number of likely N-dealkylation sites (N-methyl/N-ethyl adjacent to an activating group) is 1. The molecule has 1 aliphatic heterocycles. The van der Waals surface area contributed by atoms with Crippen LogP contribution in [0.1, 0.15) is 22.8 Å². The van der Waals surface area contributed by atoms with Crippen LogP contribution in [-0.2, 0) is 5.54 Å². The molecule has 1 atom stereocenters. The van der Waals surface area contributed by atoms with Crippen molar-refractivity contribution in [3.63, 3.8) is 0 Å². The molecule has 5 nitrogen and oxygen atoms in total. The number of benzene rings is 2. The number of aryl methyl sites for hydroxylation is 1. The largest absolute Gasteiger partial charge is 0.306 e. The molecule has 0 saturated carbocycles. The maximum Gasteiger partial charge on any atom is 0.179 e. The molecular weight excluding hydrogens is 346 g/mol. The molecule has 0 radical (unpaired) electrons. The van der Waals surface area contributed by atoms with Gasteiger partial charge in [-0.15, -0.1) is 10.2 Å². The summed E-state index contributed by atoms with van der Waals surface area (Å²) in [5, 5.41) is 9.20. The van der Waals surface area contributed by atoms with E-state index in [4.69, 9.17) is 16.6 Å². The number of halogens is 1. The molecule has 0 aliphatic carbocycles. The Morgan fingerprint density at radius 2 is 1.85 bits per heavy atom. The molecule has 132 valence electrons. The fourth-order valence-corrected chi connectivity index (χ4v) is 3.82. The third-order valence-electron chi connectivity index (χ3n) is 4.69. The van der Waals surface area contributed by atoms with E-state index in [0.29, 0.717) is 11.6 Å². The molecule has 1 aliphatic rings. The minimum Gasteiger partial charge on any atom is -0.306 e. The lowest BCUT2D eigenvalue weighted by Gasteiger charge is -2.34. The Balaban J connectivity index is 2.09. The maximum absolute atomic E-state index is 6.42. The van der Waals surface area contributed by atoms with Crippen LogP contribution in [0.2, 0.25) is 5.02 Å². The molecule has 0 saturated heterocycles. The number of nitrogens with zero attached hydrogens (tertiary/aromatic N) is 5. The molecule has 26 heavy (non-hydrogen) atoms. The van der Waals surface area contributed by atoms with E-state index >= 15 is 0 Å². The van der Waals surface area contributed by atoms with Crippen molar-refractivity contribution >= 4 is 17.8 Å². The predicted octanol–water partition coefficient (Wildman–Crippen LogP) is 3.47. The molecule has 6 heteroatoms. The van der Waals surface area contributed by atoms with Crippen molar-refractivity contribution in [1.29, 1.82) is 0 Å². The summed E-state index contributed by atoms with van der Waals surface area (Å²) < 4.78 is 2.04. The average molecular weight is 366 g/mol. The zero-order valence-electron chi connectivity index (χ0n) is 15.0. The summed E-state index contributed by atoms with van der Waals surface area (Å²) in [4.78, 5) is 7.20. The van der Waals surface area contributed by atoms with Crippen LogP contribution in [-0.4, -0.2) is 46.5 Å². The van der Waals surface area contributed by atoms with Crippen LogP contribution in [0.5, 0.6) is 0 Å². The van der Waals surface area contributed by atoms with Crippen LogP contribution >= 0.6 is 11.6 Å². The Labute approximate surface area is 158 Å². The van der Waals surface area contributed by atoms with E-state index in [9.17, 15) is 0 Å². The smallest absolute Gasteiger partial charge is 0.179 e. The zero-order chi connectivity index (χ0) is 18.3. The van der Waals surface area contributed by atoms with Gasteiger partial charge in [0, 0.05) is 17.1 Å². The zero-order valence-corrected chi connectivity index (χ0v) is 15.8. The van der Waals surface area contributed by atoms with Gasteiger partial charge in [-0.25, -0.2) is 0 Å². The van der Waals surface area contributed by atoms with E-state index < -0.39 is 5.54 Å². The number of hydrogen-bond acceptors (Lipinski definition) is 4. The summed E-state index contributed by atoms with van der Waals surface area (Å²) in [5.74, 6) is 1.55.